The molecule has 0 aliphatic rings. The third-order valence-corrected chi connectivity index (χ3v) is 25.3. The Labute approximate surface area is 614 Å². The molecule has 0 bridgehead atoms. The molecule has 15 heteroatoms. The van der Waals surface area contributed by atoms with E-state index in [4.69, 9.17) is 23.7 Å². The van der Waals surface area contributed by atoms with Gasteiger partial charge in [-0.15, -0.1) is 0 Å². The summed E-state index contributed by atoms with van der Waals surface area (Å²) in [5.41, 5.74) is -3.21. The van der Waals surface area contributed by atoms with E-state index in [1.54, 1.807) is 20.8 Å². The van der Waals surface area contributed by atoms with Gasteiger partial charge in [0.2, 0.25) is 0 Å². The van der Waals surface area contributed by atoms with Crippen LogP contribution in [-0.4, -0.2) is 13.9 Å². The van der Waals surface area contributed by atoms with E-state index < -0.39 is 47.3 Å². The van der Waals surface area contributed by atoms with Crippen molar-refractivity contribution < 1.29 is 65.7 Å². The van der Waals surface area contributed by atoms with Crippen molar-refractivity contribution >= 4 is 105 Å². The van der Waals surface area contributed by atoms with Crippen LogP contribution in [0.25, 0.3) is 0 Å². The fourth-order valence-electron chi connectivity index (χ4n) is 9.93. The summed E-state index contributed by atoms with van der Waals surface area (Å²) in [5.74, 6) is -0.331. The van der Waals surface area contributed by atoms with Gasteiger partial charge in [-0.2, -0.15) is 21.6 Å². The van der Waals surface area contributed by atoms with Gasteiger partial charge in [0.25, 0.3) is 0 Å². The van der Waals surface area contributed by atoms with Gasteiger partial charge >= 0.3 is 35.1 Å². The molecule has 0 aliphatic carbocycles. The van der Waals surface area contributed by atoms with Gasteiger partial charge in [0.1, 0.15) is 5.75 Å². The zero-order valence-electron chi connectivity index (χ0n) is 54.8. The van der Waals surface area contributed by atoms with Crippen LogP contribution in [0.3, 0.4) is 0 Å². The van der Waals surface area contributed by atoms with Crippen LogP contribution in [0.2, 0.25) is 0 Å². The van der Waals surface area contributed by atoms with Gasteiger partial charge in [0.15, 0.2) is 0 Å². The first kappa shape index (κ1) is 81.1. The summed E-state index contributed by atoms with van der Waals surface area (Å²) in [6, 6.07) is 132. The van der Waals surface area contributed by atoms with Crippen LogP contribution in [0, 0.1) is 44.4 Å². The van der Waals surface area contributed by atoms with Crippen LogP contribution >= 0.6 is 31.7 Å². The van der Waals surface area contributed by atoms with E-state index in [1.165, 1.54) is 75.8 Å². The minimum absolute atomic E-state index is 0. The van der Waals surface area contributed by atoms with E-state index in [9.17, 15) is 21.6 Å². The first-order valence-corrected chi connectivity index (χ1v) is 37.5. The Morgan fingerprint density at radius 3 is 0.515 bits per heavy atom. The molecule has 13 aromatic carbocycles. The standard InChI is InChI=1S/4C18H15P.C10H11F3O3S.2CN.Pd.Zn/c4*1-4-10-16(11-5-1)19(17-12-6-2-7-13-17)18-14-8-3-9-15-18;1-6-4-9(5-7(2)8(6)3)16-17(14,15)10(11,12)13;2*1-2;;/h4*1-15H;4-5H,1-3H3;;;;/q;;;;;2*-1;;+2. The number of rotatable bonds is 14. The molecule has 494 valence electrons. The first-order valence-electron chi connectivity index (χ1n) is 30.7. The number of alkyl halides is 3. The van der Waals surface area contributed by atoms with E-state index in [2.05, 4.69) is 368 Å². The second-order valence-corrected chi connectivity index (χ2v) is 31.5. The molecule has 0 N–H and O–H groups in total. The van der Waals surface area contributed by atoms with Crippen molar-refractivity contribution in [1.82, 2.24) is 0 Å². The molecule has 5 nitrogen and oxygen atoms in total. The fourth-order valence-corrected chi connectivity index (χ4v) is 19.6. The Balaban J connectivity index is 0.000000219. The Morgan fingerprint density at radius 2 is 0.404 bits per heavy atom. The smallest absolute Gasteiger partial charge is 0.512 e. The van der Waals surface area contributed by atoms with Gasteiger partial charge < -0.3 is 27.9 Å². The van der Waals surface area contributed by atoms with Gasteiger partial charge in [-0.1, -0.05) is 364 Å². The van der Waals surface area contributed by atoms with Gasteiger partial charge in [-0.05, 0) is 145 Å². The fraction of sp³-hybridized carbons (Fsp3) is 0.0476. The van der Waals surface area contributed by atoms with Crippen LogP contribution in [0.4, 0.5) is 13.2 Å². The molecule has 0 unspecified atom stereocenters. The monoisotopic (exact) mass is 1540 g/mol. The minimum atomic E-state index is -5.60. The molecule has 0 heterocycles. The summed E-state index contributed by atoms with van der Waals surface area (Å²) in [4.78, 5) is 0. The molecule has 0 aromatic heterocycles. The maximum Gasteiger partial charge on any atom is 2.00 e. The molecule has 0 saturated carbocycles. The van der Waals surface area contributed by atoms with Crippen LogP contribution in [0.5, 0.6) is 5.75 Å². The van der Waals surface area contributed by atoms with Gasteiger partial charge in [0, 0.05) is 20.4 Å². The summed E-state index contributed by atoms with van der Waals surface area (Å²) >= 11 is 0. The van der Waals surface area contributed by atoms with Crippen molar-refractivity contribution in [2.24, 2.45) is 0 Å². The van der Waals surface area contributed by atoms with Crippen LogP contribution in [0.15, 0.2) is 376 Å². The Kier molecular flexibility index (Phi) is 35.8. The average molecular weight is 1540 g/mol. The number of nitrogens with zero attached hydrogens (tertiary/aromatic N) is 2. The molecule has 99 heavy (non-hydrogen) atoms. The summed E-state index contributed by atoms with van der Waals surface area (Å²) in [7, 11) is -7.38. The molecular weight excluding hydrogens is 1470 g/mol. The second-order valence-electron chi connectivity index (χ2n) is 21.0. The van der Waals surface area contributed by atoms with Crippen molar-refractivity contribution in [2.75, 3.05) is 0 Å². The average Bonchev–Trinajstić information content (AvgIpc) is 0.877. The minimum Gasteiger partial charge on any atom is -0.512 e. The van der Waals surface area contributed by atoms with Crippen molar-refractivity contribution in [3.8, 4) is 5.75 Å². The molecule has 13 rings (SSSR count). The van der Waals surface area contributed by atoms with Crippen LogP contribution in [0.1, 0.15) is 16.7 Å². The maximum absolute atomic E-state index is 12.1. The van der Waals surface area contributed by atoms with Gasteiger partial charge in [-0.3, -0.25) is 0 Å². The molecule has 13 aromatic rings. The first-order chi connectivity index (χ1) is 47.3. The Morgan fingerprint density at radius 1 is 0.283 bits per heavy atom. The van der Waals surface area contributed by atoms with Crippen molar-refractivity contribution in [3.63, 3.8) is 0 Å². The van der Waals surface area contributed by atoms with Crippen molar-refractivity contribution in [3.05, 3.63) is 406 Å². The van der Waals surface area contributed by atoms with Crippen molar-refractivity contribution in [1.29, 1.82) is 10.5 Å². The third-order valence-electron chi connectivity index (χ3n) is 14.6. The number of aryl methyl sites for hydroxylation is 2. The number of benzene rings is 13. The zero-order chi connectivity index (χ0) is 69.1. The number of hydrogen-bond donors (Lipinski definition) is 0. The summed E-state index contributed by atoms with van der Waals surface area (Å²) in [5, 5.41) is 29.3. The van der Waals surface area contributed by atoms with E-state index >= 15 is 0 Å². The summed E-state index contributed by atoms with van der Waals surface area (Å²) in [6.07, 6.45) is 0. The number of halogens is 3. The molecule has 0 amide bonds. The molecule has 0 radical (unpaired) electrons. The second kappa shape index (κ2) is 43.7. The topological polar surface area (TPSA) is 90.9 Å². The number of hydrogen-bond acceptors (Lipinski definition) is 5. The molecular formula is C84H71F3N2O3P4PdSZn. The SMILES string of the molecule is Cc1cc(OS(=O)(=O)C(F)(F)F)cc(C)c1C.[C-]#N.[C-]#N.[Pd].[Zn+2].c1ccc(P(c2ccccc2)c2ccccc2)cc1.c1ccc(P(c2ccccc2)c2ccccc2)cc1.c1ccc(P(c2ccccc2)c2ccccc2)cc1.c1ccc(P(c2ccccc2)c2ccccc2)cc1. The predicted molar refractivity (Wildman–Crippen MR) is 407 cm³/mol. The predicted octanol–water partition coefficient (Wildman–Crippen LogP) is 16.8. The van der Waals surface area contributed by atoms with Gasteiger partial charge in [-0.25, -0.2) is 0 Å². The molecule has 0 aliphatic heterocycles. The molecule has 0 saturated heterocycles. The van der Waals surface area contributed by atoms with Crippen molar-refractivity contribution in [2.45, 2.75) is 26.3 Å². The quantitative estimate of drug-likeness (QED) is 0.0356. The molecule has 0 fully saturated rings. The Hall–Kier alpha value is -8.61. The third kappa shape index (κ3) is 25.0. The van der Waals surface area contributed by atoms with Crippen LogP contribution in [-0.2, 0) is 50.0 Å². The molecule has 0 spiro atoms. The maximum atomic E-state index is 12.1. The normalized spacial score (nSPS) is 10.3. The van der Waals surface area contributed by atoms with E-state index in [0.29, 0.717) is 11.1 Å². The summed E-state index contributed by atoms with van der Waals surface area (Å²) < 4.78 is 61.9. The van der Waals surface area contributed by atoms with E-state index in [-0.39, 0.29) is 45.7 Å². The van der Waals surface area contributed by atoms with E-state index in [0.717, 1.165) is 5.56 Å². The van der Waals surface area contributed by atoms with Gasteiger partial charge in [0.05, 0.1) is 0 Å². The van der Waals surface area contributed by atoms with Crippen LogP contribution < -0.4 is 67.8 Å². The largest absolute Gasteiger partial charge is 2.00 e. The summed E-state index contributed by atoms with van der Waals surface area (Å²) in [6.45, 7) is 14.6. The Bertz CT molecular complexity index is 3610. The molecule has 0 atom stereocenters. The van der Waals surface area contributed by atoms with E-state index in [1.807, 2.05) is 0 Å². The zero-order valence-corrected chi connectivity index (χ0v) is 63.7.